The van der Waals surface area contributed by atoms with Crippen molar-refractivity contribution in [2.24, 2.45) is 5.73 Å². The first-order chi connectivity index (χ1) is 6.01. The Kier molecular flexibility index (Phi) is 2.83. The summed E-state index contributed by atoms with van der Waals surface area (Å²) in [6.45, 7) is 6.66. The van der Waals surface area contributed by atoms with Gasteiger partial charge in [0.25, 0.3) is 0 Å². The summed E-state index contributed by atoms with van der Waals surface area (Å²) in [5.74, 6) is 0.782. The van der Waals surface area contributed by atoms with Crippen molar-refractivity contribution in [2.75, 3.05) is 5.32 Å². The molecule has 0 aliphatic rings. The van der Waals surface area contributed by atoms with E-state index in [1.165, 1.54) is 0 Å². The lowest BCUT2D eigenvalue weighted by Crippen LogP contribution is -2.26. The van der Waals surface area contributed by atoms with Crippen LogP contribution in [0.15, 0.2) is 12.1 Å². The molecule has 0 amide bonds. The fourth-order valence-corrected chi connectivity index (χ4v) is 0.920. The molecule has 4 heteroatoms. The monoisotopic (exact) mass is 180 g/mol. The molecule has 1 aromatic heterocycles. The number of hydrogen-bond donors (Lipinski definition) is 2. The van der Waals surface area contributed by atoms with Crippen molar-refractivity contribution in [2.45, 2.75) is 32.9 Å². The average Bonchev–Trinajstić information content (AvgIpc) is 2.03. The minimum absolute atomic E-state index is 0.0128. The Hall–Kier alpha value is -1.16. The molecule has 0 saturated carbocycles. The molecule has 0 aliphatic carbocycles. The van der Waals surface area contributed by atoms with E-state index in [1.807, 2.05) is 12.1 Å². The average molecular weight is 180 g/mol. The van der Waals surface area contributed by atoms with Gasteiger partial charge in [-0.1, -0.05) is 0 Å². The number of nitrogens with one attached hydrogen (secondary N) is 1. The third kappa shape index (κ3) is 3.38. The summed E-state index contributed by atoms with van der Waals surface area (Å²) >= 11 is 0. The van der Waals surface area contributed by atoms with Crippen molar-refractivity contribution in [3.8, 4) is 0 Å². The standard InChI is InChI=1S/C9H16N4/c1-9(2,3)11-8-5-4-7(6-10)12-13-8/h4-5H,6,10H2,1-3H3,(H,11,13). The lowest BCUT2D eigenvalue weighted by molar-refractivity contribution is 0.627. The molecule has 0 radical (unpaired) electrons. The van der Waals surface area contributed by atoms with Gasteiger partial charge >= 0.3 is 0 Å². The van der Waals surface area contributed by atoms with Crippen molar-refractivity contribution in [3.05, 3.63) is 17.8 Å². The normalized spacial score (nSPS) is 11.4. The molecule has 13 heavy (non-hydrogen) atoms. The predicted octanol–water partition coefficient (Wildman–Crippen LogP) is 1.15. The molecule has 4 nitrogen and oxygen atoms in total. The van der Waals surface area contributed by atoms with Gasteiger partial charge in [-0.05, 0) is 32.9 Å². The van der Waals surface area contributed by atoms with Gasteiger partial charge in [-0.2, -0.15) is 5.10 Å². The fourth-order valence-electron chi connectivity index (χ4n) is 0.920. The molecular weight excluding hydrogens is 164 g/mol. The zero-order valence-corrected chi connectivity index (χ0v) is 8.33. The SMILES string of the molecule is CC(C)(C)Nc1ccc(CN)nn1. The Balaban J connectivity index is 2.70. The van der Waals surface area contributed by atoms with Crippen LogP contribution in [0.2, 0.25) is 0 Å². The zero-order valence-electron chi connectivity index (χ0n) is 8.33. The van der Waals surface area contributed by atoms with Gasteiger partial charge in [0.05, 0.1) is 5.69 Å². The van der Waals surface area contributed by atoms with Gasteiger partial charge in [0.2, 0.25) is 0 Å². The summed E-state index contributed by atoms with van der Waals surface area (Å²) < 4.78 is 0. The Labute approximate surface area is 78.6 Å². The molecule has 0 fully saturated rings. The van der Waals surface area contributed by atoms with Crippen LogP contribution in [0.1, 0.15) is 26.5 Å². The highest BCUT2D eigenvalue weighted by Gasteiger charge is 2.09. The van der Waals surface area contributed by atoms with E-state index in [9.17, 15) is 0 Å². The first-order valence-corrected chi connectivity index (χ1v) is 4.32. The molecule has 0 spiro atoms. The molecule has 0 saturated heterocycles. The molecule has 0 unspecified atom stereocenters. The molecule has 1 rings (SSSR count). The van der Waals surface area contributed by atoms with Crippen LogP contribution in [-0.4, -0.2) is 15.7 Å². The first-order valence-electron chi connectivity index (χ1n) is 4.32. The fraction of sp³-hybridized carbons (Fsp3) is 0.556. The molecule has 0 atom stereocenters. The Morgan fingerprint density at radius 2 is 2.00 bits per heavy atom. The maximum atomic E-state index is 5.40. The summed E-state index contributed by atoms with van der Waals surface area (Å²) in [5.41, 5.74) is 6.22. The first kappa shape index (κ1) is 9.92. The van der Waals surface area contributed by atoms with E-state index in [2.05, 4.69) is 36.3 Å². The molecule has 72 valence electrons. The summed E-state index contributed by atoms with van der Waals surface area (Å²) in [6, 6.07) is 3.77. The van der Waals surface area contributed by atoms with Gasteiger partial charge in [-0.15, -0.1) is 5.10 Å². The highest BCUT2D eigenvalue weighted by molar-refractivity contribution is 5.35. The van der Waals surface area contributed by atoms with Gasteiger partial charge in [0, 0.05) is 12.1 Å². The van der Waals surface area contributed by atoms with Crippen molar-refractivity contribution in [1.29, 1.82) is 0 Å². The van der Waals surface area contributed by atoms with Crippen LogP contribution in [0.25, 0.3) is 0 Å². The van der Waals surface area contributed by atoms with Gasteiger partial charge < -0.3 is 11.1 Å². The lowest BCUT2D eigenvalue weighted by Gasteiger charge is -2.20. The molecule has 3 N–H and O–H groups in total. The van der Waals surface area contributed by atoms with E-state index in [0.717, 1.165) is 11.5 Å². The minimum atomic E-state index is 0.0128. The van der Waals surface area contributed by atoms with Crippen LogP contribution >= 0.6 is 0 Å². The van der Waals surface area contributed by atoms with Gasteiger partial charge in [0.1, 0.15) is 5.82 Å². The van der Waals surface area contributed by atoms with E-state index in [0.29, 0.717) is 6.54 Å². The van der Waals surface area contributed by atoms with Crippen molar-refractivity contribution < 1.29 is 0 Å². The van der Waals surface area contributed by atoms with Crippen LogP contribution in [0.5, 0.6) is 0 Å². The topological polar surface area (TPSA) is 63.8 Å². The Morgan fingerprint density at radius 1 is 1.31 bits per heavy atom. The van der Waals surface area contributed by atoms with Crippen LogP contribution in [0.3, 0.4) is 0 Å². The van der Waals surface area contributed by atoms with Crippen molar-refractivity contribution >= 4 is 5.82 Å². The van der Waals surface area contributed by atoms with Crippen LogP contribution in [0.4, 0.5) is 5.82 Å². The number of nitrogens with two attached hydrogens (primary N) is 1. The van der Waals surface area contributed by atoms with E-state index in [-0.39, 0.29) is 5.54 Å². The molecule has 0 bridgehead atoms. The molecule has 0 aromatic carbocycles. The Bertz CT molecular complexity index is 260. The minimum Gasteiger partial charge on any atom is -0.364 e. The van der Waals surface area contributed by atoms with Crippen molar-refractivity contribution in [1.82, 2.24) is 10.2 Å². The van der Waals surface area contributed by atoms with Gasteiger partial charge in [-0.3, -0.25) is 0 Å². The number of aromatic nitrogens is 2. The number of rotatable bonds is 2. The van der Waals surface area contributed by atoms with Gasteiger partial charge in [0.15, 0.2) is 0 Å². The second kappa shape index (κ2) is 3.70. The van der Waals surface area contributed by atoms with Crippen molar-refractivity contribution in [3.63, 3.8) is 0 Å². The van der Waals surface area contributed by atoms with E-state index in [4.69, 9.17) is 5.73 Å². The summed E-state index contributed by atoms with van der Waals surface area (Å²) in [4.78, 5) is 0. The highest BCUT2D eigenvalue weighted by atomic mass is 15.2. The van der Waals surface area contributed by atoms with Crippen LogP contribution < -0.4 is 11.1 Å². The zero-order chi connectivity index (χ0) is 9.90. The number of anilines is 1. The second-order valence-corrected chi connectivity index (χ2v) is 3.99. The Morgan fingerprint density at radius 3 is 2.38 bits per heavy atom. The van der Waals surface area contributed by atoms with Crippen LogP contribution in [-0.2, 0) is 6.54 Å². The summed E-state index contributed by atoms with van der Waals surface area (Å²) in [6.07, 6.45) is 0. The quantitative estimate of drug-likeness (QED) is 0.716. The van der Waals surface area contributed by atoms with E-state index in [1.54, 1.807) is 0 Å². The predicted molar refractivity (Wildman–Crippen MR) is 53.3 cm³/mol. The molecule has 1 heterocycles. The maximum absolute atomic E-state index is 5.40. The lowest BCUT2D eigenvalue weighted by atomic mass is 10.1. The third-order valence-corrected chi connectivity index (χ3v) is 1.43. The summed E-state index contributed by atoms with van der Waals surface area (Å²) in [5, 5.41) is 11.2. The van der Waals surface area contributed by atoms with E-state index < -0.39 is 0 Å². The van der Waals surface area contributed by atoms with Crippen LogP contribution in [0, 0.1) is 0 Å². The number of hydrogen-bond acceptors (Lipinski definition) is 4. The summed E-state index contributed by atoms with van der Waals surface area (Å²) in [7, 11) is 0. The molecule has 1 aromatic rings. The maximum Gasteiger partial charge on any atom is 0.149 e. The smallest absolute Gasteiger partial charge is 0.149 e. The van der Waals surface area contributed by atoms with E-state index >= 15 is 0 Å². The number of nitrogens with zero attached hydrogens (tertiary/aromatic N) is 2. The highest BCUT2D eigenvalue weighted by Crippen LogP contribution is 2.10. The second-order valence-electron chi connectivity index (χ2n) is 3.99. The van der Waals surface area contributed by atoms with Gasteiger partial charge in [-0.25, -0.2) is 0 Å². The largest absolute Gasteiger partial charge is 0.364 e. The molecule has 0 aliphatic heterocycles. The molecular formula is C9H16N4. The third-order valence-electron chi connectivity index (χ3n) is 1.43.